The fraction of sp³-hybridized carbons (Fsp3) is 1.00. The number of ether oxygens (including phenoxy) is 1. The van der Waals surface area contributed by atoms with E-state index in [1.807, 2.05) is 7.11 Å². The minimum atomic E-state index is -0.0159. The van der Waals surface area contributed by atoms with Crippen LogP contribution >= 0.6 is 0 Å². The van der Waals surface area contributed by atoms with E-state index in [0.717, 1.165) is 32.0 Å². The van der Waals surface area contributed by atoms with Gasteiger partial charge >= 0.3 is 0 Å². The highest BCUT2D eigenvalue weighted by Gasteiger charge is 2.50. The van der Waals surface area contributed by atoms with Crippen LogP contribution in [0.3, 0.4) is 0 Å². The second-order valence-electron chi connectivity index (χ2n) is 8.03. The fourth-order valence-corrected chi connectivity index (χ4v) is 3.35. The Hall–Kier alpha value is -0.120. The molecule has 0 aromatic rings. The van der Waals surface area contributed by atoms with E-state index in [0.29, 0.717) is 5.54 Å². The molecule has 0 aromatic carbocycles. The number of piperazine rings is 1. The summed E-state index contributed by atoms with van der Waals surface area (Å²) < 4.78 is 5.61. The van der Waals surface area contributed by atoms with E-state index in [2.05, 4.69) is 44.8 Å². The molecule has 3 nitrogen and oxygen atoms in total. The van der Waals surface area contributed by atoms with E-state index in [4.69, 9.17) is 4.74 Å². The lowest BCUT2D eigenvalue weighted by molar-refractivity contribution is -0.0319. The molecule has 1 heterocycles. The molecule has 2 aliphatic rings. The van der Waals surface area contributed by atoms with Crippen molar-refractivity contribution in [3.05, 3.63) is 0 Å². The molecule has 0 radical (unpaired) electrons. The molecule has 1 saturated heterocycles. The van der Waals surface area contributed by atoms with Gasteiger partial charge in [-0.25, -0.2) is 0 Å². The van der Waals surface area contributed by atoms with Crippen LogP contribution in [0.4, 0.5) is 0 Å². The number of nitrogens with one attached hydrogen (secondary N) is 1. The first-order valence-electron chi connectivity index (χ1n) is 8.30. The van der Waals surface area contributed by atoms with Gasteiger partial charge in [-0.1, -0.05) is 6.92 Å². The Bertz CT molecular complexity index is 340. The first-order chi connectivity index (χ1) is 9.25. The zero-order valence-electron chi connectivity index (χ0n) is 14.4. The zero-order valence-corrected chi connectivity index (χ0v) is 14.4. The Morgan fingerprint density at radius 2 is 1.95 bits per heavy atom. The van der Waals surface area contributed by atoms with E-state index in [1.165, 1.54) is 19.3 Å². The number of hydrogen-bond donors (Lipinski definition) is 1. The van der Waals surface area contributed by atoms with Crippen LogP contribution in [-0.2, 0) is 4.74 Å². The maximum absolute atomic E-state index is 5.61. The predicted molar refractivity (Wildman–Crippen MR) is 85.1 cm³/mol. The monoisotopic (exact) mass is 282 g/mol. The first-order valence-corrected chi connectivity index (χ1v) is 8.30. The molecule has 1 aliphatic carbocycles. The molecule has 2 unspecified atom stereocenters. The third-order valence-corrected chi connectivity index (χ3v) is 5.91. The molecule has 2 rings (SSSR count). The summed E-state index contributed by atoms with van der Waals surface area (Å²) in [6, 6.07) is 0. The Balaban J connectivity index is 2.06. The van der Waals surface area contributed by atoms with Crippen LogP contribution in [0.1, 0.15) is 60.3 Å². The quantitative estimate of drug-likeness (QED) is 0.810. The summed E-state index contributed by atoms with van der Waals surface area (Å²) >= 11 is 0. The summed E-state index contributed by atoms with van der Waals surface area (Å²) in [4.78, 5) is 2.76. The maximum Gasteiger partial charge on any atom is 0.0634 e. The maximum atomic E-state index is 5.61. The van der Waals surface area contributed by atoms with Crippen LogP contribution in [0.2, 0.25) is 0 Å². The molecule has 0 amide bonds. The number of nitrogens with zero attached hydrogens (tertiary/aromatic N) is 1. The molecule has 2 atom stereocenters. The van der Waals surface area contributed by atoms with E-state index in [1.54, 1.807) is 0 Å². The minimum Gasteiger partial charge on any atom is -0.379 e. The van der Waals surface area contributed by atoms with E-state index in [-0.39, 0.29) is 11.1 Å². The topological polar surface area (TPSA) is 24.5 Å². The Morgan fingerprint density at radius 3 is 2.45 bits per heavy atom. The average Bonchev–Trinajstić information content (AvgIpc) is 3.25. The highest BCUT2D eigenvalue weighted by Crippen LogP contribution is 2.45. The van der Waals surface area contributed by atoms with Gasteiger partial charge in [-0.2, -0.15) is 0 Å². The summed E-state index contributed by atoms with van der Waals surface area (Å²) in [6.07, 6.45) is 5.11. The Morgan fingerprint density at radius 1 is 1.30 bits per heavy atom. The molecule has 0 spiro atoms. The van der Waals surface area contributed by atoms with Crippen molar-refractivity contribution in [3.8, 4) is 0 Å². The standard InChI is InChI=1S/C17H34N2O/c1-7-16(4)13-19(11-10-15(2,3)20-6)17(5,12-18-16)14-8-9-14/h14,18H,7-13H2,1-6H3. The van der Waals surface area contributed by atoms with Gasteiger partial charge in [0.05, 0.1) is 5.60 Å². The molecule has 20 heavy (non-hydrogen) atoms. The molecule has 0 bridgehead atoms. The third kappa shape index (κ3) is 3.37. The van der Waals surface area contributed by atoms with Crippen LogP contribution in [-0.4, -0.2) is 48.3 Å². The Kier molecular flexibility index (Phi) is 4.54. The molecular weight excluding hydrogens is 248 g/mol. The van der Waals surface area contributed by atoms with Gasteiger partial charge in [0.1, 0.15) is 0 Å². The fourth-order valence-electron chi connectivity index (χ4n) is 3.35. The van der Waals surface area contributed by atoms with Crippen molar-refractivity contribution in [2.45, 2.75) is 77.0 Å². The van der Waals surface area contributed by atoms with Crippen LogP contribution in [0, 0.1) is 5.92 Å². The van der Waals surface area contributed by atoms with E-state index < -0.39 is 0 Å². The van der Waals surface area contributed by atoms with Crippen molar-refractivity contribution in [1.29, 1.82) is 0 Å². The van der Waals surface area contributed by atoms with Crippen molar-refractivity contribution >= 4 is 0 Å². The molecule has 1 aliphatic heterocycles. The van der Waals surface area contributed by atoms with Crippen LogP contribution in [0.5, 0.6) is 0 Å². The van der Waals surface area contributed by atoms with Crippen LogP contribution in [0.15, 0.2) is 0 Å². The van der Waals surface area contributed by atoms with E-state index in [9.17, 15) is 0 Å². The zero-order chi connectivity index (χ0) is 15.0. The predicted octanol–water partition coefficient (Wildman–Crippen LogP) is 3.04. The molecule has 118 valence electrons. The Labute approximate surface area is 125 Å². The smallest absolute Gasteiger partial charge is 0.0634 e. The van der Waals surface area contributed by atoms with Crippen LogP contribution in [0.25, 0.3) is 0 Å². The highest BCUT2D eigenvalue weighted by molar-refractivity contribution is 5.08. The summed E-state index contributed by atoms with van der Waals surface area (Å²) in [5.41, 5.74) is 0.599. The van der Waals surface area contributed by atoms with Gasteiger partial charge in [0.15, 0.2) is 0 Å². The molecule has 0 aromatic heterocycles. The van der Waals surface area contributed by atoms with E-state index >= 15 is 0 Å². The summed E-state index contributed by atoms with van der Waals surface area (Å²) in [5, 5.41) is 3.83. The van der Waals surface area contributed by atoms with Crippen molar-refractivity contribution in [2.75, 3.05) is 26.7 Å². The van der Waals surface area contributed by atoms with Gasteiger partial charge < -0.3 is 10.1 Å². The summed E-state index contributed by atoms with van der Waals surface area (Å²) in [7, 11) is 1.83. The van der Waals surface area contributed by atoms with Gasteiger partial charge in [0.25, 0.3) is 0 Å². The SMILES string of the molecule is CCC1(C)CN(CCC(C)(C)OC)C(C)(C2CC2)CN1. The molecule has 1 N–H and O–H groups in total. The van der Waals surface area contributed by atoms with Crippen molar-refractivity contribution in [1.82, 2.24) is 10.2 Å². The van der Waals surface area contributed by atoms with Crippen LogP contribution < -0.4 is 5.32 Å². The second-order valence-corrected chi connectivity index (χ2v) is 8.03. The van der Waals surface area contributed by atoms with Gasteiger partial charge in [-0.05, 0) is 59.3 Å². The molecule has 2 fully saturated rings. The van der Waals surface area contributed by atoms with Crippen molar-refractivity contribution < 1.29 is 4.74 Å². The lowest BCUT2D eigenvalue weighted by atomic mass is 9.83. The van der Waals surface area contributed by atoms with Crippen molar-refractivity contribution in [2.24, 2.45) is 5.92 Å². The molecule has 1 saturated carbocycles. The summed E-state index contributed by atoms with van der Waals surface area (Å²) in [5.74, 6) is 0.891. The lowest BCUT2D eigenvalue weighted by Gasteiger charge is -2.53. The van der Waals surface area contributed by atoms with Gasteiger partial charge in [0, 0.05) is 37.8 Å². The third-order valence-electron chi connectivity index (χ3n) is 5.91. The second kappa shape index (κ2) is 5.58. The van der Waals surface area contributed by atoms with Gasteiger partial charge in [-0.15, -0.1) is 0 Å². The molecule has 3 heteroatoms. The number of hydrogen-bond acceptors (Lipinski definition) is 3. The summed E-state index contributed by atoms with van der Waals surface area (Å²) in [6.45, 7) is 15.0. The first kappa shape index (κ1) is 16.3. The van der Waals surface area contributed by atoms with Gasteiger partial charge in [-0.3, -0.25) is 4.90 Å². The minimum absolute atomic E-state index is 0.0159. The lowest BCUT2D eigenvalue weighted by Crippen LogP contribution is -2.69. The van der Waals surface area contributed by atoms with Gasteiger partial charge in [0.2, 0.25) is 0 Å². The highest BCUT2D eigenvalue weighted by atomic mass is 16.5. The normalized spacial score (nSPS) is 36.3. The number of rotatable bonds is 6. The molecular formula is C17H34N2O. The number of methoxy groups -OCH3 is 1. The largest absolute Gasteiger partial charge is 0.379 e. The van der Waals surface area contributed by atoms with Crippen molar-refractivity contribution in [3.63, 3.8) is 0 Å². The average molecular weight is 282 g/mol.